The molecule has 1 aliphatic rings. The summed E-state index contributed by atoms with van der Waals surface area (Å²) in [5.41, 5.74) is 7.82. The minimum absolute atomic E-state index is 0.0419. The predicted molar refractivity (Wildman–Crippen MR) is 74.0 cm³/mol. The molecule has 0 fully saturated rings. The molecule has 0 unspecified atom stereocenters. The van der Waals surface area contributed by atoms with Crippen molar-refractivity contribution >= 4 is 6.08 Å². The Morgan fingerprint density at radius 1 is 1.22 bits per heavy atom. The first-order chi connectivity index (χ1) is 8.52. The van der Waals surface area contributed by atoms with E-state index in [0.717, 1.165) is 17.1 Å². The normalized spacial score (nSPS) is 17.8. The third-order valence-electron chi connectivity index (χ3n) is 3.00. The molecule has 0 aromatic heterocycles. The molecule has 0 aliphatic carbocycles. The monoisotopic (exact) mass is 247 g/mol. The third kappa shape index (κ3) is 2.85. The number of hydrogen-bond acceptors (Lipinski definition) is 3. The summed E-state index contributed by atoms with van der Waals surface area (Å²) < 4.78 is 11.7. The van der Waals surface area contributed by atoms with Gasteiger partial charge in [-0.1, -0.05) is 26.0 Å². The van der Waals surface area contributed by atoms with Crippen molar-refractivity contribution in [2.45, 2.75) is 20.8 Å². The summed E-state index contributed by atoms with van der Waals surface area (Å²) in [6, 6.07) is 4.06. The van der Waals surface area contributed by atoms with Crippen LogP contribution in [0.4, 0.5) is 0 Å². The quantitative estimate of drug-likeness (QED) is 0.874. The molecule has 0 spiro atoms. The van der Waals surface area contributed by atoms with Crippen LogP contribution in [-0.4, -0.2) is 19.8 Å². The van der Waals surface area contributed by atoms with Crippen LogP contribution in [0.15, 0.2) is 18.2 Å². The molecule has 3 heteroatoms. The molecule has 1 aromatic rings. The summed E-state index contributed by atoms with van der Waals surface area (Å²) >= 11 is 0. The van der Waals surface area contributed by atoms with Crippen molar-refractivity contribution in [3.63, 3.8) is 0 Å². The number of benzene rings is 1. The van der Waals surface area contributed by atoms with Crippen molar-refractivity contribution in [3.05, 3.63) is 29.3 Å². The topological polar surface area (TPSA) is 44.5 Å². The third-order valence-corrected chi connectivity index (χ3v) is 3.00. The van der Waals surface area contributed by atoms with Crippen molar-refractivity contribution in [3.8, 4) is 11.5 Å². The van der Waals surface area contributed by atoms with E-state index in [1.165, 1.54) is 5.56 Å². The lowest BCUT2D eigenvalue weighted by Gasteiger charge is -2.19. The van der Waals surface area contributed by atoms with Crippen LogP contribution in [0.25, 0.3) is 6.08 Å². The average Bonchev–Trinajstić information content (AvgIpc) is 2.46. The molecule has 1 heterocycles. The fourth-order valence-corrected chi connectivity index (χ4v) is 1.87. The summed E-state index contributed by atoms with van der Waals surface area (Å²) in [5, 5.41) is 0. The van der Waals surface area contributed by atoms with Gasteiger partial charge in [0.1, 0.15) is 0 Å². The lowest BCUT2D eigenvalue weighted by atomic mass is 9.97. The van der Waals surface area contributed by atoms with Gasteiger partial charge in [0.15, 0.2) is 11.5 Å². The van der Waals surface area contributed by atoms with Gasteiger partial charge >= 0.3 is 0 Å². The van der Waals surface area contributed by atoms with Gasteiger partial charge in [0.25, 0.3) is 0 Å². The summed E-state index contributed by atoms with van der Waals surface area (Å²) in [6.07, 6.45) is 3.96. The Morgan fingerprint density at radius 3 is 2.44 bits per heavy atom. The van der Waals surface area contributed by atoms with Gasteiger partial charge in [0, 0.05) is 12.0 Å². The molecular weight excluding hydrogens is 226 g/mol. The standard InChI is InChI=1S/C15H21NO2/c1-11-7-13-14(8-12(11)5-4-6-16)18-10-15(2,3)9-17-13/h4-5,7-8H,6,9-10,16H2,1-3H3/b5-4+. The second kappa shape index (κ2) is 5.02. The Morgan fingerprint density at radius 2 is 1.83 bits per heavy atom. The number of hydrogen-bond donors (Lipinski definition) is 1. The van der Waals surface area contributed by atoms with E-state index in [1.54, 1.807) is 0 Å². The second-order valence-corrected chi connectivity index (χ2v) is 5.54. The maximum absolute atomic E-state index is 5.85. The van der Waals surface area contributed by atoms with Crippen LogP contribution in [0, 0.1) is 12.3 Å². The van der Waals surface area contributed by atoms with E-state index in [-0.39, 0.29) is 5.41 Å². The van der Waals surface area contributed by atoms with Gasteiger partial charge in [-0.2, -0.15) is 0 Å². The van der Waals surface area contributed by atoms with Crippen molar-refractivity contribution in [1.29, 1.82) is 0 Å². The average molecular weight is 247 g/mol. The maximum atomic E-state index is 5.85. The molecule has 1 aliphatic heterocycles. The van der Waals surface area contributed by atoms with Gasteiger partial charge in [0.2, 0.25) is 0 Å². The second-order valence-electron chi connectivity index (χ2n) is 5.54. The Balaban J connectivity index is 2.32. The number of aryl methyl sites for hydroxylation is 1. The van der Waals surface area contributed by atoms with Crippen molar-refractivity contribution in [1.82, 2.24) is 0 Å². The lowest BCUT2D eigenvalue weighted by molar-refractivity contribution is 0.140. The van der Waals surface area contributed by atoms with Gasteiger partial charge in [0.05, 0.1) is 13.2 Å². The first-order valence-corrected chi connectivity index (χ1v) is 6.29. The van der Waals surface area contributed by atoms with Crippen molar-refractivity contribution in [2.75, 3.05) is 19.8 Å². The van der Waals surface area contributed by atoms with E-state index in [2.05, 4.69) is 20.8 Å². The van der Waals surface area contributed by atoms with Crippen LogP contribution in [0.5, 0.6) is 11.5 Å². The molecule has 0 saturated heterocycles. The van der Waals surface area contributed by atoms with E-state index in [1.807, 2.05) is 24.3 Å². The number of nitrogens with two attached hydrogens (primary N) is 1. The van der Waals surface area contributed by atoms with Crippen LogP contribution in [0.3, 0.4) is 0 Å². The zero-order valence-corrected chi connectivity index (χ0v) is 11.3. The Bertz CT molecular complexity index is 464. The zero-order chi connectivity index (χ0) is 13.2. The molecule has 0 bridgehead atoms. The molecular formula is C15H21NO2. The molecule has 0 saturated carbocycles. The number of ether oxygens (including phenoxy) is 2. The Kier molecular flexibility index (Phi) is 3.62. The smallest absolute Gasteiger partial charge is 0.161 e. The number of fused-ring (bicyclic) bond motifs is 1. The highest BCUT2D eigenvalue weighted by Crippen LogP contribution is 2.36. The van der Waals surface area contributed by atoms with Gasteiger partial charge in [-0.05, 0) is 30.2 Å². The molecule has 1 aromatic carbocycles. The minimum Gasteiger partial charge on any atom is -0.489 e. The fraction of sp³-hybridized carbons (Fsp3) is 0.467. The first-order valence-electron chi connectivity index (χ1n) is 6.29. The first kappa shape index (κ1) is 13.0. The van der Waals surface area contributed by atoms with E-state index in [4.69, 9.17) is 15.2 Å². The minimum atomic E-state index is 0.0419. The van der Waals surface area contributed by atoms with Crippen LogP contribution in [0.2, 0.25) is 0 Å². The summed E-state index contributed by atoms with van der Waals surface area (Å²) in [4.78, 5) is 0. The SMILES string of the molecule is Cc1cc2c(cc1/C=C/CN)OCC(C)(C)CO2. The zero-order valence-electron chi connectivity index (χ0n) is 11.3. The van der Waals surface area contributed by atoms with Crippen LogP contribution in [0.1, 0.15) is 25.0 Å². The Labute approximate surface area is 109 Å². The summed E-state index contributed by atoms with van der Waals surface area (Å²) in [7, 11) is 0. The molecule has 0 amide bonds. The van der Waals surface area contributed by atoms with Crippen LogP contribution >= 0.6 is 0 Å². The van der Waals surface area contributed by atoms with E-state index in [9.17, 15) is 0 Å². The van der Waals surface area contributed by atoms with Crippen LogP contribution in [-0.2, 0) is 0 Å². The molecule has 2 rings (SSSR count). The molecule has 3 nitrogen and oxygen atoms in total. The highest BCUT2D eigenvalue weighted by atomic mass is 16.5. The molecule has 98 valence electrons. The fourth-order valence-electron chi connectivity index (χ4n) is 1.87. The van der Waals surface area contributed by atoms with Crippen molar-refractivity contribution < 1.29 is 9.47 Å². The van der Waals surface area contributed by atoms with E-state index in [0.29, 0.717) is 19.8 Å². The van der Waals surface area contributed by atoms with Gasteiger partial charge in [-0.15, -0.1) is 0 Å². The van der Waals surface area contributed by atoms with Crippen LogP contribution < -0.4 is 15.2 Å². The van der Waals surface area contributed by atoms with Crippen molar-refractivity contribution in [2.24, 2.45) is 11.1 Å². The highest BCUT2D eigenvalue weighted by Gasteiger charge is 2.25. The van der Waals surface area contributed by atoms with E-state index >= 15 is 0 Å². The van der Waals surface area contributed by atoms with Gasteiger partial charge in [-0.25, -0.2) is 0 Å². The maximum Gasteiger partial charge on any atom is 0.161 e. The van der Waals surface area contributed by atoms with E-state index < -0.39 is 0 Å². The number of rotatable bonds is 2. The highest BCUT2D eigenvalue weighted by molar-refractivity contribution is 5.60. The van der Waals surface area contributed by atoms with Gasteiger partial charge in [-0.3, -0.25) is 0 Å². The van der Waals surface area contributed by atoms with Gasteiger partial charge < -0.3 is 15.2 Å². The Hall–Kier alpha value is -1.48. The molecule has 18 heavy (non-hydrogen) atoms. The predicted octanol–water partition coefficient (Wildman–Crippen LogP) is 2.76. The lowest BCUT2D eigenvalue weighted by Crippen LogP contribution is -2.26. The molecule has 2 N–H and O–H groups in total. The summed E-state index contributed by atoms with van der Waals surface area (Å²) in [5.74, 6) is 1.66. The summed E-state index contributed by atoms with van der Waals surface area (Å²) in [6.45, 7) is 8.24. The largest absolute Gasteiger partial charge is 0.489 e. The molecule has 0 radical (unpaired) electrons. The molecule has 0 atom stereocenters.